The number of hydrogen-bond acceptors (Lipinski definition) is 1. The molecule has 19 heavy (non-hydrogen) atoms. The average Bonchev–Trinajstić information content (AvgIpc) is 2.75. The highest BCUT2D eigenvalue weighted by molar-refractivity contribution is 6.30. The molecule has 96 valence electrons. The molecule has 5 heteroatoms. The Morgan fingerprint density at radius 2 is 1.84 bits per heavy atom. The zero-order valence-corrected chi connectivity index (χ0v) is 10.7. The lowest BCUT2D eigenvalue weighted by atomic mass is 10.1. The van der Waals surface area contributed by atoms with Gasteiger partial charge in [-0.3, -0.25) is 0 Å². The highest BCUT2D eigenvalue weighted by atomic mass is 35.5. The number of benzene rings is 2. The smallest absolute Gasteiger partial charge is 0.161 e. The number of rotatable bonds is 1. The Balaban J connectivity index is 2.23. The molecule has 2 aromatic carbocycles. The van der Waals surface area contributed by atoms with E-state index in [1.54, 1.807) is 12.1 Å². The van der Waals surface area contributed by atoms with E-state index in [-0.39, 0.29) is 0 Å². The van der Waals surface area contributed by atoms with Crippen molar-refractivity contribution in [2.75, 3.05) is 0 Å². The van der Waals surface area contributed by atoms with Crippen LogP contribution in [0.15, 0.2) is 30.3 Å². The van der Waals surface area contributed by atoms with Crippen molar-refractivity contribution in [3.05, 3.63) is 52.6 Å². The summed E-state index contributed by atoms with van der Waals surface area (Å²) in [6.07, 6.45) is 0. The maximum Gasteiger partial charge on any atom is 0.161 e. The maximum atomic E-state index is 13.2. The minimum atomic E-state index is -0.909. The average molecular weight is 279 g/mol. The van der Waals surface area contributed by atoms with Gasteiger partial charge in [0.25, 0.3) is 0 Å². The van der Waals surface area contributed by atoms with E-state index < -0.39 is 11.6 Å². The molecule has 1 N–H and O–H groups in total. The first-order chi connectivity index (χ1) is 9.04. The van der Waals surface area contributed by atoms with Gasteiger partial charge in [-0.25, -0.2) is 13.8 Å². The molecule has 0 saturated carbocycles. The molecule has 0 radical (unpaired) electrons. The van der Waals surface area contributed by atoms with Crippen LogP contribution in [0.25, 0.3) is 22.4 Å². The van der Waals surface area contributed by atoms with Gasteiger partial charge < -0.3 is 4.98 Å². The van der Waals surface area contributed by atoms with E-state index in [4.69, 9.17) is 11.6 Å². The van der Waals surface area contributed by atoms with Crippen LogP contribution in [0, 0.1) is 18.6 Å². The molecule has 0 bridgehead atoms. The molecule has 0 spiro atoms. The van der Waals surface area contributed by atoms with Crippen molar-refractivity contribution < 1.29 is 8.78 Å². The third-order valence-electron chi connectivity index (χ3n) is 2.98. The summed E-state index contributed by atoms with van der Waals surface area (Å²) in [7, 11) is 0. The maximum absolute atomic E-state index is 13.2. The highest BCUT2D eigenvalue weighted by Crippen LogP contribution is 2.27. The van der Waals surface area contributed by atoms with E-state index in [9.17, 15) is 8.78 Å². The lowest BCUT2D eigenvalue weighted by Crippen LogP contribution is -1.85. The topological polar surface area (TPSA) is 28.7 Å². The molecule has 1 heterocycles. The van der Waals surface area contributed by atoms with Gasteiger partial charge in [0, 0.05) is 22.7 Å². The van der Waals surface area contributed by atoms with Gasteiger partial charge >= 0.3 is 0 Å². The van der Waals surface area contributed by atoms with Crippen molar-refractivity contribution in [1.82, 2.24) is 9.97 Å². The second-order valence-electron chi connectivity index (χ2n) is 4.33. The summed E-state index contributed by atoms with van der Waals surface area (Å²) in [5.74, 6) is -1.26. The number of nitrogens with zero attached hydrogens (tertiary/aromatic N) is 1. The van der Waals surface area contributed by atoms with Crippen molar-refractivity contribution in [3.8, 4) is 11.4 Å². The van der Waals surface area contributed by atoms with Crippen molar-refractivity contribution >= 4 is 22.6 Å². The van der Waals surface area contributed by atoms with E-state index >= 15 is 0 Å². The van der Waals surface area contributed by atoms with Crippen molar-refractivity contribution in [2.24, 2.45) is 0 Å². The number of fused-ring (bicyclic) bond motifs is 1. The van der Waals surface area contributed by atoms with Crippen LogP contribution in [-0.2, 0) is 0 Å². The number of nitrogens with one attached hydrogen (secondary N) is 1. The number of aryl methyl sites for hydroxylation is 1. The Morgan fingerprint density at radius 1 is 1.11 bits per heavy atom. The van der Waals surface area contributed by atoms with Gasteiger partial charge in [0.15, 0.2) is 11.6 Å². The zero-order valence-electron chi connectivity index (χ0n) is 9.97. The molecule has 0 saturated heterocycles. The third kappa shape index (κ3) is 2.08. The van der Waals surface area contributed by atoms with Gasteiger partial charge in [0.1, 0.15) is 5.82 Å². The summed E-state index contributed by atoms with van der Waals surface area (Å²) in [6.45, 7) is 1.92. The molecule has 2 nitrogen and oxygen atoms in total. The molecule has 3 rings (SSSR count). The van der Waals surface area contributed by atoms with Crippen molar-refractivity contribution in [1.29, 1.82) is 0 Å². The minimum absolute atomic E-state index is 0.383. The second kappa shape index (κ2) is 4.31. The van der Waals surface area contributed by atoms with Crippen LogP contribution in [0.2, 0.25) is 5.02 Å². The van der Waals surface area contributed by atoms with Crippen LogP contribution in [0.3, 0.4) is 0 Å². The fraction of sp³-hybridized carbons (Fsp3) is 0.0714. The fourth-order valence-electron chi connectivity index (χ4n) is 1.98. The van der Waals surface area contributed by atoms with Gasteiger partial charge in [-0.05, 0) is 24.6 Å². The molecule has 0 aliphatic carbocycles. The number of imidazole rings is 1. The van der Waals surface area contributed by atoms with Crippen LogP contribution in [-0.4, -0.2) is 9.97 Å². The Morgan fingerprint density at radius 3 is 2.63 bits per heavy atom. The van der Waals surface area contributed by atoms with Crippen LogP contribution in [0.1, 0.15) is 5.56 Å². The quantitative estimate of drug-likeness (QED) is 0.699. The Kier molecular flexibility index (Phi) is 2.75. The van der Waals surface area contributed by atoms with E-state index in [0.717, 1.165) is 23.3 Å². The molecule has 0 atom stereocenters. The van der Waals surface area contributed by atoms with Gasteiger partial charge in [-0.2, -0.15) is 0 Å². The second-order valence-corrected chi connectivity index (χ2v) is 4.76. The SMILES string of the molecule is Cc1ccc(Cl)cc1-c1nc2cc(F)c(F)cc2[nH]1. The summed E-state index contributed by atoms with van der Waals surface area (Å²) < 4.78 is 26.3. The van der Waals surface area contributed by atoms with E-state index in [1.165, 1.54) is 0 Å². The number of hydrogen-bond donors (Lipinski definition) is 1. The Labute approximate surface area is 113 Å². The minimum Gasteiger partial charge on any atom is -0.338 e. The molecule has 0 aliphatic rings. The van der Waals surface area contributed by atoms with Gasteiger partial charge in [-0.15, -0.1) is 0 Å². The van der Waals surface area contributed by atoms with E-state index in [2.05, 4.69) is 9.97 Å². The first-order valence-electron chi connectivity index (χ1n) is 5.66. The summed E-state index contributed by atoms with van der Waals surface area (Å²) in [4.78, 5) is 7.24. The zero-order chi connectivity index (χ0) is 13.6. The van der Waals surface area contributed by atoms with Gasteiger partial charge in [0.2, 0.25) is 0 Å². The predicted octanol–water partition coefficient (Wildman–Crippen LogP) is 4.47. The molecule has 0 fully saturated rings. The van der Waals surface area contributed by atoms with Crippen LogP contribution in [0.4, 0.5) is 8.78 Å². The summed E-state index contributed by atoms with van der Waals surface area (Å²) in [6, 6.07) is 7.58. The number of aromatic amines is 1. The van der Waals surface area contributed by atoms with E-state index in [1.807, 2.05) is 13.0 Å². The lowest BCUT2D eigenvalue weighted by Gasteiger charge is -2.02. The number of halogens is 3. The number of H-pyrrole nitrogens is 1. The third-order valence-corrected chi connectivity index (χ3v) is 3.21. The summed E-state index contributed by atoms with van der Waals surface area (Å²) in [5.41, 5.74) is 2.62. The first-order valence-corrected chi connectivity index (χ1v) is 6.03. The van der Waals surface area contributed by atoms with Crippen LogP contribution >= 0.6 is 11.6 Å². The molecular formula is C14H9ClF2N2. The monoisotopic (exact) mass is 278 g/mol. The summed E-state index contributed by atoms with van der Waals surface area (Å²) >= 11 is 5.95. The Hall–Kier alpha value is -1.94. The lowest BCUT2D eigenvalue weighted by molar-refractivity contribution is 0.510. The van der Waals surface area contributed by atoms with Crippen molar-refractivity contribution in [2.45, 2.75) is 6.92 Å². The van der Waals surface area contributed by atoms with Crippen molar-refractivity contribution in [3.63, 3.8) is 0 Å². The standard InChI is InChI=1S/C14H9ClF2N2/c1-7-2-3-8(15)4-9(7)14-18-12-5-10(16)11(17)6-13(12)19-14/h2-6H,1H3,(H,18,19). The molecule has 0 unspecified atom stereocenters. The molecule has 0 aliphatic heterocycles. The fourth-order valence-corrected chi connectivity index (χ4v) is 2.15. The van der Waals surface area contributed by atoms with Crippen LogP contribution < -0.4 is 0 Å². The highest BCUT2D eigenvalue weighted by Gasteiger charge is 2.11. The Bertz CT molecular complexity index is 741. The largest absolute Gasteiger partial charge is 0.338 e. The molecule has 3 aromatic rings. The van der Waals surface area contributed by atoms with Gasteiger partial charge in [0.05, 0.1) is 11.0 Å². The molecule has 1 aromatic heterocycles. The van der Waals surface area contributed by atoms with Gasteiger partial charge in [-0.1, -0.05) is 17.7 Å². The van der Waals surface area contributed by atoms with E-state index in [0.29, 0.717) is 21.9 Å². The van der Waals surface area contributed by atoms with Crippen LogP contribution in [0.5, 0.6) is 0 Å². The molecule has 0 amide bonds. The predicted molar refractivity (Wildman–Crippen MR) is 71.2 cm³/mol. The number of aromatic nitrogens is 2. The first kappa shape index (κ1) is 12.1. The normalized spacial score (nSPS) is 11.2. The molecular weight excluding hydrogens is 270 g/mol. The summed E-state index contributed by atoms with van der Waals surface area (Å²) in [5, 5.41) is 0.582.